The van der Waals surface area contributed by atoms with E-state index < -0.39 is 0 Å². The highest BCUT2D eigenvalue weighted by atomic mass is 16.5. The molecule has 0 aliphatic heterocycles. The van der Waals surface area contributed by atoms with Crippen molar-refractivity contribution < 1.29 is 9.53 Å². The van der Waals surface area contributed by atoms with E-state index in [-0.39, 0.29) is 29.3 Å². The van der Waals surface area contributed by atoms with Gasteiger partial charge in [0.15, 0.2) is 0 Å². The fourth-order valence-electron chi connectivity index (χ4n) is 2.09. The van der Waals surface area contributed by atoms with Gasteiger partial charge >= 0.3 is 0 Å². The van der Waals surface area contributed by atoms with Gasteiger partial charge in [-0.3, -0.25) is 9.59 Å². The summed E-state index contributed by atoms with van der Waals surface area (Å²) in [6, 6.07) is 2.72. The van der Waals surface area contributed by atoms with Crippen LogP contribution in [-0.4, -0.2) is 35.4 Å². The van der Waals surface area contributed by atoms with Gasteiger partial charge in [-0.05, 0) is 25.3 Å². The van der Waals surface area contributed by atoms with E-state index >= 15 is 0 Å². The van der Waals surface area contributed by atoms with Crippen LogP contribution in [0.25, 0.3) is 0 Å². The van der Waals surface area contributed by atoms with Crippen molar-refractivity contribution in [3.8, 4) is 0 Å². The molecule has 1 aliphatic carbocycles. The second-order valence-electron chi connectivity index (χ2n) is 4.09. The van der Waals surface area contributed by atoms with E-state index in [9.17, 15) is 9.59 Å². The summed E-state index contributed by atoms with van der Waals surface area (Å²) in [5, 5.41) is 8.78. The van der Waals surface area contributed by atoms with Crippen molar-refractivity contribution in [1.82, 2.24) is 15.5 Å². The molecule has 0 bridgehead atoms. The van der Waals surface area contributed by atoms with Crippen LogP contribution >= 0.6 is 0 Å². The molecule has 0 aromatic carbocycles. The standard InChI is InChI=1S/C11H15N3O3/c1-17-9-4-2-3-7(9)12-11(16)8-5-6-10(15)14-13-8/h5-7,9H,2-4H2,1H3,(H,12,16)(H,14,15). The fraction of sp³-hybridized carbons (Fsp3) is 0.545. The maximum absolute atomic E-state index is 11.8. The van der Waals surface area contributed by atoms with E-state index in [1.54, 1.807) is 7.11 Å². The molecular formula is C11H15N3O3. The summed E-state index contributed by atoms with van der Waals surface area (Å²) in [7, 11) is 1.65. The summed E-state index contributed by atoms with van der Waals surface area (Å²) in [4.78, 5) is 22.6. The Kier molecular flexibility index (Phi) is 3.53. The predicted octanol–water partition coefficient (Wildman–Crippen LogP) is 0.0672. The highest BCUT2D eigenvalue weighted by Gasteiger charge is 2.28. The second kappa shape index (κ2) is 5.09. The minimum absolute atomic E-state index is 0.0289. The minimum atomic E-state index is -0.322. The van der Waals surface area contributed by atoms with Crippen LogP contribution in [0.2, 0.25) is 0 Å². The van der Waals surface area contributed by atoms with Crippen LogP contribution in [-0.2, 0) is 4.74 Å². The molecular weight excluding hydrogens is 222 g/mol. The average Bonchev–Trinajstić information content (AvgIpc) is 2.77. The Hall–Kier alpha value is -1.69. The molecule has 1 saturated carbocycles. The molecule has 2 rings (SSSR count). The van der Waals surface area contributed by atoms with Gasteiger partial charge < -0.3 is 10.1 Å². The van der Waals surface area contributed by atoms with Gasteiger partial charge in [-0.15, -0.1) is 0 Å². The smallest absolute Gasteiger partial charge is 0.272 e. The molecule has 1 heterocycles. The molecule has 6 heteroatoms. The number of rotatable bonds is 3. The van der Waals surface area contributed by atoms with Crippen LogP contribution in [0.1, 0.15) is 29.8 Å². The first-order chi connectivity index (χ1) is 8.20. The zero-order valence-corrected chi connectivity index (χ0v) is 9.60. The van der Waals surface area contributed by atoms with Crippen molar-refractivity contribution in [3.05, 3.63) is 28.2 Å². The Bertz CT molecular complexity index is 437. The van der Waals surface area contributed by atoms with Crippen molar-refractivity contribution >= 4 is 5.91 Å². The monoisotopic (exact) mass is 237 g/mol. The quantitative estimate of drug-likeness (QED) is 0.779. The molecule has 1 amide bonds. The normalized spacial score (nSPS) is 23.6. The number of hydrogen-bond donors (Lipinski definition) is 2. The van der Waals surface area contributed by atoms with Crippen LogP contribution in [0.15, 0.2) is 16.9 Å². The summed E-state index contributed by atoms with van der Waals surface area (Å²) in [6.45, 7) is 0. The van der Waals surface area contributed by atoms with Crippen LogP contribution in [0.4, 0.5) is 0 Å². The number of H-pyrrole nitrogens is 1. The Morgan fingerprint density at radius 3 is 3.00 bits per heavy atom. The first-order valence-corrected chi connectivity index (χ1v) is 5.60. The van der Waals surface area contributed by atoms with Gasteiger partial charge in [-0.2, -0.15) is 5.10 Å². The number of aromatic nitrogens is 2. The number of nitrogens with zero attached hydrogens (tertiary/aromatic N) is 1. The van der Waals surface area contributed by atoms with Gasteiger partial charge in [-0.1, -0.05) is 0 Å². The first-order valence-electron chi connectivity index (χ1n) is 5.60. The van der Waals surface area contributed by atoms with Crippen molar-refractivity contribution in [3.63, 3.8) is 0 Å². The van der Waals surface area contributed by atoms with E-state index in [1.807, 2.05) is 0 Å². The molecule has 0 spiro atoms. The van der Waals surface area contributed by atoms with Crippen molar-refractivity contribution in [2.45, 2.75) is 31.4 Å². The molecule has 17 heavy (non-hydrogen) atoms. The summed E-state index contributed by atoms with van der Waals surface area (Å²) in [6.07, 6.45) is 2.98. The summed E-state index contributed by atoms with van der Waals surface area (Å²) in [5.74, 6) is -0.282. The van der Waals surface area contributed by atoms with Gasteiger partial charge in [0.1, 0.15) is 5.69 Å². The number of methoxy groups -OCH3 is 1. The lowest BCUT2D eigenvalue weighted by Crippen LogP contribution is -2.41. The number of ether oxygens (including phenoxy) is 1. The van der Waals surface area contributed by atoms with E-state index in [2.05, 4.69) is 15.5 Å². The van der Waals surface area contributed by atoms with E-state index in [0.29, 0.717) is 0 Å². The SMILES string of the molecule is COC1CCCC1NC(=O)c1ccc(=O)[nH]n1. The van der Waals surface area contributed by atoms with Crippen LogP contribution < -0.4 is 10.9 Å². The number of hydrogen-bond acceptors (Lipinski definition) is 4. The van der Waals surface area contributed by atoms with Gasteiger partial charge in [0.05, 0.1) is 12.1 Å². The van der Waals surface area contributed by atoms with Crippen molar-refractivity contribution in [2.24, 2.45) is 0 Å². The maximum atomic E-state index is 11.8. The zero-order chi connectivity index (χ0) is 12.3. The van der Waals surface area contributed by atoms with Crippen LogP contribution in [0.5, 0.6) is 0 Å². The lowest BCUT2D eigenvalue weighted by molar-refractivity contribution is 0.0718. The molecule has 1 aromatic heterocycles. The highest BCUT2D eigenvalue weighted by Crippen LogP contribution is 2.21. The third-order valence-electron chi connectivity index (χ3n) is 2.98. The van der Waals surface area contributed by atoms with Gasteiger partial charge in [0.25, 0.3) is 11.5 Å². The number of nitrogens with one attached hydrogen (secondary N) is 2. The maximum Gasteiger partial charge on any atom is 0.272 e. The predicted molar refractivity (Wildman–Crippen MR) is 60.8 cm³/mol. The Balaban J connectivity index is 2.01. The lowest BCUT2D eigenvalue weighted by Gasteiger charge is -2.19. The third kappa shape index (κ3) is 2.71. The topological polar surface area (TPSA) is 84.1 Å². The molecule has 92 valence electrons. The molecule has 1 aromatic rings. The van der Waals surface area contributed by atoms with E-state index in [0.717, 1.165) is 19.3 Å². The zero-order valence-electron chi connectivity index (χ0n) is 9.60. The van der Waals surface area contributed by atoms with E-state index in [1.165, 1.54) is 12.1 Å². The first kappa shape index (κ1) is 11.8. The molecule has 0 saturated heterocycles. The van der Waals surface area contributed by atoms with Gasteiger partial charge in [0.2, 0.25) is 0 Å². The average molecular weight is 237 g/mol. The number of amides is 1. The number of carbonyl (C=O) groups excluding carboxylic acids is 1. The molecule has 1 fully saturated rings. The lowest BCUT2D eigenvalue weighted by atomic mass is 10.2. The van der Waals surface area contributed by atoms with Gasteiger partial charge in [-0.25, -0.2) is 5.10 Å². The number of aromatic amines is 1. The van der Waals surface area contributed by atoms with Crippen LogP contribution in [0.3, 0.4) is 0 Å². The molecule has 1 aliphatic rings. The summed E-state index contributed by atoms with van der Waals surface area (Å²) >= 11 is 0. The minimum Gasteiger partial charge on any atom is -0.379 e. The summed E-state index contributed by atoms with van der Waals surface area (Å²) in [5.41, 5.74) is -0.108. The number of carbonyl (C=O) groups is 1. The highest BCUT2D eigenvalue weighted by molar-refractivity contribution is 5.92. The fourth-order valence-corrected chi connectivity index (χ4v) is 2.09. The summed E-state index contributed by atoms with van der Waals surface area (Å²) < 4.78 is 5.29. The molecule has 2 unspecified atom stereocenters. The third-order valence-corrected chi connectivity index (χ3v) is 2.98. The van der Waals surface area contributed by atoms with Crippen LogP contribution in [0, 0.1) is 0 Å². The van der Waals surface area contributed by atoms with E-state index in [4.69, 9.17) is 4.74 Å². The van der Waals surface area contributed by atoms with Crippen molar-refractivity contribution in [1.29, 1.82) is 0 Å². The Morgan fingerprint density at radius 2 is 2.35 bits per heavy atom. The second-order valence-corrected chi connectivity index (χ2v) is 4.09. The molecule has 6 nitrogen and oxygen atoms in total. The molecule has 2 atom stereocenters. The largest absolute Gasteiger partial charge is 0.379 e. The molecule has 0 radical (unpaired) electrons. The van der Waals surface area contributed by atoms with Crippen molar-refractivity contribution in [2.75, 3.05) is 7.11 Å². The van der Waals surface area contributed by atoms with Gasteiger partial charge in [0, 0.05) is 13.2 Å². The Labute approximate surface area is 98.4 Å². The molecule has 2 N–H and O–H groups in total. The Morgan fingerprint density at radius 1 is 1.53 bits per heavy atom.